The van der Waals surface area contributed by atoms with Crippen LogP contribution in [-0.4, -0.2) is 79.8 Å². The number of nitrogens with two attached hydrogens (primary N) is 1. The summed E-state index contributed by atoms with van der Waals surface area (Å²) in [5.41, 5.74) is 4.44. The van der Waals surface area contributed by atoms with Crippen LogP contribution in [-0.2, 0) is 10.9 Å². The zero-order chi connectivity index (χ0) is 32.7. The highest BCUT2D eigenvalue weighted by atomic mass is 19.4. The molecule has 3 rings (SSSR count). The summed E-state index contributed by atoms with van der Waals surface area (Å²) in [5.74, 6) is -0.576. The van der Waals surface area contributed by atoms with Crippen molar-refractivity contribution in [3.8, 4) is 0 Å². The van der Waals surface area contributed by atoms with Crippen LogP contribution in [0.2, 0.25) is 0 Å². The fourth-order valence-corrected chi connectivity index (χ4v) is 4.52. The quantitative estimate of drug-likeness (QED) is 0.182. The zero-order valence-electron chi connectivity index (χ0n) is 25.7. The predicted molar refractivity (Wildman–Crippen MR) is 168 cm³/mol. The number of benzene rings is 1. The number of allylic oxidation sites excluding steroid dienone is 2. The average Bonchev–Trinajstić information content (AvgIpc) is 3.47. The molecule has 238 valence electrons. The Balaban J connectivity index is 1.93. The number of anilines is 1. The van der Waals surface area contributed by atoms with Crippen LogP contribution >= 0.6 is 0 Å². The molecule has 11 nitrogen and oxygen atoms in total. The molecule has 0 bridgehead atoms. The molecule has 0 saturated carbocycles. The number of likely N-dealkylation sites (tertiary alicyclic amines) is 1. The topological polar surface area (TPSA) is 144 Å². The van der Waals surface area contributed by atoms with E-state index >= 15 is 0 Å². The maximum atomic E-state index is 14.0. The largest absolute Gasteiger partial charge is 0.500 e. The smallest absolute Gasteiger partial charge is 0.418 e. The summed E-state index contributed by atoms with van der Waals surface area (Å²) in [6.07, 6.45) is 1.55. The van der Waals surface area contributed by atoms with Crippen LogP contribution < -0.4 is 16.4 Å². The van der Waals surface area contributed by atoms with Gasteiger partial charge in [0, 0.05) is 43.4 Å². The molecule has 0 aromatic heterocycles. The number of amides is 1. The number of amidine groups is 1. The highest BCUT2D eigenvalue weighted by Crippen LogP contribution is 2.36. The van der Waals surface area contributed by atoms with Gasteiger partial charge in [0.25, 0.3) is 5.91 Å². The molecule has 14 heteroatoms. The molecule has 0 aliphatic carbocycles. The molecule has 1 fully saturated rings. The van der Waals surface area contributed by atoms with Crippen LogP contribution in [0.15, 0.2) is 69.3 Å². The van der Waals surface area contributed by atoms with E-state index in [0.717, 1.165) is 50.7 Å². The van der Waals surface area contributed by atoms with Crippen LogP contribution in [0.1, 0.15) is 49.5 Å². The van der Waals surface area contributed by atoms with Gasteiger partial charge in [-0.3, -0.25) is 15.2 Å². The summed E-state index contributed by atoms with van der Waals surface area (Å²) < 4.78 is 47.3. The summed E-state index contributed by atoms with van der Waals surface area (Å²) in [6, 6.07) is 2.80. The number of carbonyl (C=O) groups is 1. The van der Waals surface area contributed by atoms with Crippen molar-refractivity contribution in [2.24, 2.45) is 26.1 Å². The van der Waals surface area contributed by atoms with E-state index < -0.39 is 28.7 Å². The Bertz CT molecular complexity index is 1410. The third-order valence-corrected chi connectivity index (χ3v) is 6.87. The number of hydrogen-bond acceptors (Lipinski definition) is 10. The Hall–Kier alpha value is -4.46. The normalized spacial score (nSPS) is 18.1. The number of ether oxygens (including phenoxy) is 1. The van der Waals surface area contributed by atoms with Gasteiger partial charge in [-0.1, -0.05) is 27.4 Å². The standard InChI is InChI=1S/C30H40F3N9O2/c1-7-36-22-18-37-28(41(5)14-15-42-12-8-9-13-42)40-25(22)26(35)38-21-16-19(10-11-20(21)30(31,32)33)27(43)39-24(34)17-23(44-6)29(2,3)4/h7,10-11,16-18,38H,1,8-9,12-15,35H2,2-6H3,(H2,34,39,43)/b23-17-,26-25-,36-22-. The molecule has 1 amide bonds. The van der Waals surface area contributed by atoms with Crippen LogP contribution in [0.5, 0.6) is 0 Å². The first-order valence-corrected chi connectivity index (χ1v) is 14.0. The van der Waals surface area contributed by atoms with Crippen molar-refractivity contribution in [2.45, 2.75) is 39.8 Å². The van der Waals surface area contributed by atoms with Crippen LogP contribution in [0.25, 0.3) is 0 Å². The number of aliphatic imine (C=N–C) groups is 3. The summed E-state index contributed by atoms with van der Waals surface area (Å²) in [6.45, 7) is 12.7. The first-order chi connectivity index (χ1) is 20.6. The lowest BCUT2D eigenvalue weighted by Gasteiger charge is -2.24. The Kier molecular flexibility index (Phi) is 11.1. The fraction of sp³-hybridized carbons (Fsp3) is 0.433. The number of nitrogens with zero attached hydrogens (tertiary/aromatic N) is 5. The van der Waals surface area contributed by atoms with Crippen molar-refractivity contribution in [3.05, 3.63) is 65.5 Å². The van der Waals surface area contributed by atoms with Gasteiger partial charge in [-0.2, -0.15) is 13.2 Å². The molecule has 1 aromatic carbocycles. The molecule has 1 saturated heterocycles. The number of halogens is 3. The first-order valence-electron chi connectivity index (χ1n) is 14.0. The lowest BCUT2D eigenvalue weighted by molar-refractivity contribution is -0.136. The molecule has 2 heterocycles. The minimum Gasteiger partial charge on any atom is -0.500 e. The van der Waals surface area contributed by atoms with Gasteiger partial charge in [0.15, 0.2) is 0 Å². The van der Waals surface area contributed by atoms with E-state index in [2.05, 4.69) is 37.1 Å². The lowest BCUT2D eigenvalue weighted by atomic mass is 9.93. The van der Waals surface area contributed by atoms with E-state index in [1.54, 1.807) is 0 Å². The van der Waals surface area contributed by atoms with E-state index in [4.69, 9.17) is 15.9 Å². The van der Waals surface area contributed by atoms with Gasteiger partial charge in [0.2, 0.25) is 5.96 Å². The Morgan fingerprint density at radius 3 is 2.55 bits per heavy atom. The number of guanidine groups is 1. The van der Waals surface area contributed by atoms with Crippen molar-refractivity contribution in [1.29, 1.82) is 5.41 Å². The number of carbonyl (C=O) groups excluding carboxylic acids is 1. The Labute approximate surface area is 255 Å². The van der Waals surface area contributed by atoms with E-state index in [0.29, 0.717) is 18.3 Å². The highest BCUT2D eigenvalue weighted by Gasteiger charge is 2.34. The predicted octanol–water partition coefficient (Wildman–Crippen LogP) is 4.58. The van der Waals surface area contributed by atoms with Crippen LogP contribution in [0.3, 0.4) is 0 Å². The number of rotatable bonds is 9. The van der Waals surface area contributed by atoms with E-state index in [1.807, 2.05) is 32.7 Å². The zero-order valence-corrected chi connectivity index (χ0v) is 25.7. The number of likely N-dealkylation sites (N-methyl/N-ethyl adjacent to an activating group) is 1. The van der Waals surface area contributed by atoms with Crippen molar-refractivity contribution in [3.63, 3.8) is 0 Å². The molecule has 0 atom stereocenters. The van der Waals surface area contributed by atoms with Crippen molar-refractivity contribution in [2.75, 3.05) is 45.7 Å². The molecule has 2 aliphatic heterocycles. The minimum absolute atomic E-state index is 0.0621. The van der Waals surface area contributed by atoms with Crippen molar-refractivity contribution in [1.82, 2.24) is 15.1 Å². The third-order valence-electron chi connectivity index (χ3n) is 6.87. The summed E-state index contributed by atoms with van der Waals surface area (Å²) >= 11 is 0. The monoisotopic (exact) mass is 615 g/mol. The fourth-order valence-electron chi connectivity index (χ4n) is 4.52. The number of hydrogen-bond donors (Lipinski definition) is 4. The van der Waals surface area contributed by atoms with E-state index in [-0.39, 0.29) is 28.6 Å². The lowest BCUT2D eigenvalue weighted by Crippen LogP contribution is -2.36. The first kappa shape index (κ1) is 34.0. The maximum absolute atomic E-state index is 14.0. The summed E-state index contributed by atoms with van der Waals surface area (Å²) in [7, 11) is 3.26. The molecule has 5 N–H and O–H groups in total. The third kappa shape index (κ3) is 9.02. The molecule has 0 spiro atoms. The second-order valence-corrected chi connectivity index (χ2v) is 11.3. The minimum atomic E-state index is -4.77. The maximum Gasteiger partial charge on any atom is 0.418 e. The molecule has 1 aromatic rings. The van der Waals surface area contributed by atoms with Gasteiger partial charge in [-0.25, -0.2) is 9.98 Å². The van der Waals surface area contributed by atoms with Gasteiger partial charge >= 0.3 is 6.18 Å². The van der Waals surface area contributed by atoms with E-state index in [1.165, 1.54) is 25.6 Å². The van der Waals surface area contributed by atoms with Gasteiger partial charge < -0.3 is 30.9 Å². The molecular weight excluding hydrogens is 575 g/mol. The summed E-state index contributed by atoms with van der Waals surface area (Å²) in [5, 5.41) is 13.1. The van der Waals surface area contributed by atoms with Crippen LogP contribution in [0, 0.1) is 10.8 Å². The Morgan fingerprint density at radius 2 is 1.95 bits per heavy atom. The van der Waals surface area contributed by atoms with Gasteiger partial charge in [0.1, 0.15) is 28.8 Å². The van der Waals surface area contributed by atoms with Crippen LogP contribution in [0.4, 0.5) is 18.9 Å². The number of methoxy groups -OCH3 is 1. The second kappa shape index (κ2) is 14.3. The molecular formula is C30H40F3N9O2. The molecule has 44 heavy (non-hydrogen) atoms. The number of alkyl halides is 3. The Morgan fingerprint density at radius 1 is 1.27 bits per heavy atom. The molecule has 0 unspecified atom stereocenters. The highest BCUT2D eigenvalue weighted by molar-refractivity contribution is 6.41. The SMILES string of the molecule is C=C/N=C1/C=NC(N(C)CCN2CCCC2)=N/C1=C(/N)Nc1cc(C(=O)NC(=N)/C=C(\OC)C(C)(C)C)ccc1C(F)(F)F. The second-order valence-electron chi connectivity index (χ2n) is 11.3. The molecule has 2 aliphatic rings. The van der Waals surface area contributed by atoms with Crippen molar-refractivity contribution >= 4 is 35.3 Å². The van der Waals surface area contributed by atoms with Gasteiger partial charge in [-0.15, -0.1) is 0 Å². The van der Waals surface area contributed by atoms with Crippen molar-refractivity contribution < 1.29 is 22.7 Å². The van der Waals surface area contributed by atoms with Gasteiger partial charge in [0.05, 0.1) is 24.6 Å². The van der Waals surface area contributed by atoms with E-state index in [9.17, 15) is 18.0 Å². The van der Waals surface area contributed by atoms with Gasteiger partial charge in [-0.05, 0) is 44.1 Å². The average molecular weight is 616 g/mol. The summed E-state index contributed by atoms with van der Waals surface area (Å²) in [4.78, 5) is 30.1. The number of nitrogens with one attached hydrogen (secondary N) is 3. The molecule has 0 radical (unpaired) electrons.